The molecule has 0 aromatic carbocycles. The summed E-state index contributed by atoms with van der Waals surface area (Å²) in [6, 6.07) is 0. The van der Waals surface area contributed by atoms with Gasteiger partial charge >= 0.3 is 17.9 Å². The van der Waals surface area contributed by atoms with Gasteiger partial charge in [0.1, 0.15) is 13.2 Å². The number of unbranched alkanes of at least 4 members (excludes halogenated alkanes) is 28. The van der Waals surface area contributed by atoms with Crippen LogP contribution in [0.2, 0.25) is 0 Å². The summed E-state index contributed by atoms with van der Waals surface area (Å²) >= 11 is 0. The van der Waals surface area contributed by atoms with Crippen LogP contribution in [0.3, 0.4) is 0 Å². The van der Waals surface area contributed by atoms with Gasteiger partial charge in [-0.2, -0.15) is 0 Å². The molecule has 450 valence electrons. The van der Waals surface area contributed by atoms with Crippen LogP contribution in [0.15, 0.2) is 122 Å². The lowest BCUT2D eigenvalue weighted by Crippen LogP contribution is -2.30. The van der Waals surface area contributed by atoms with E-state index in [1.165, 1.54) is 122 Å². The minimum atomic E-state index is -0.806. The van der Waals surface area contributed by atoms with Crippen molar-refractivity contribution in [3.63, 3.8) is 0 Å². The summed E-state index contributed by atoms with van der Waals surface area (Å²) in [6.45, 7) is 6.38. The van der Waals surface area contributed by atoms with Crippen molar-refractivity contribution in [2.24, 2.45) is 0 Å². The zero-order valence-electron chi connectivity index (χ0n) is 51.6. The molecule has 1 unspecified atom stereocenters. The molecule has 0 fully saturated rings. The number of rotatable bonds is 59. The Balaban J connectivity index is 4.36. The third-order valence-electron chi connectivity index (χ3n) is 13.9. The molecule has 0 rings (SSSR count). The molecule has 0 aliphatic rings. The number of carbonyl (C=O) groups is 3. The van der Waals surface area contributed by atoms with Crippen molar-refractivity contribution in [3.8, 4) is 0 Å². The van der Waals surface area contributed by atoms with Crippen molar-refractivity contribution < 1.29 is 28.6 Å². The van der Waals surface area contributed by atoms with Crippen molar-refractivity contribution in [1.82, 2.24) is 0 Å². The van der Waals surface area contributed by atoms with Gasteiger partial charge in [0.05, 0.1) is 0 Å². The van der Waals surface area contributed by atoms with Crippen LogP contribution in [-0.4, -0.2) is 37.2 Å². The Labute approximate surface area is 488 Å². The third-order valence-corrected chi connectivity index (χ3v) is 13.9. The number of esters is 3. The fourth-order valence-electron chi connectivity index (χ4n) is 9.04. The molecule has 0 aliphatic heterocycles. The maximum Gasteiger partial charge on any atom is 0.306 e. The van der Waals surface area contributed by atoms with Crippen molar-refractivity contribution >= 4 is 17.9 Å². The van der Waals surface area contributed by atoms with Crippen LogP contribution in [-0.2, 0) is 28.6 Å². The van der Waals surface area contributed by atoms with E-state index in [1.54, 1.807) is 0 Å². The molecule has 0 spiro atoms. The van der Waals surface area contributed by atoms with Crippen LogP contribution in [0.1, 0.15) is 303 Å². The molecular formula is C73H122O6. The summed E-state index contributed by atoms with van der Waals surface area (Å²) in [4.78, 5) is 38.4. The molecule has 0 amide bonds. The average molecular weight is 1100 g/mol. The van der Waals surface area contributed by atoms with Crippen molar-refractivity contribution in [3.05, 3.63) is 122 Å². The van der Waals surface area contributed by atoms with Gasteiger partial charge in [-0.15, -0.1) is 0 Å². The molecule has 0 aliphatic carbocycles. The lowest BCUT2D eigenvalue weighted by atomic mass is 10.0. The van der Waals surface area contributed by atoms with E-state index in [4.69, 9.17) is 14.2 Å². The first kappa shape index (κ1) is 74.8. The van der Waals surface area contributed by atoms with E-state index < -0.39 is 6.10 Å². The van der Waals surface area contributed by atoms with Crippen molar-refractivity contribution in [2.45, 2.75) is 309 Å². The number of ether oxygens (including phenoxy) is 3. The van der Waals surface area contributed by atoms with Crippen molar-refractivity contribution in [1.29, 1.82) is 0 Å². The lowest BCUT2D eigenvalue weighted by molar-refractivity contribution is -0.167. The summed E-state index contributed by atoms with van der Waals surface area (Å²) in [5.41, 5.74) is 0. The Morgan fingerprint density at radius 3 is 0.772 bits per heavy atom. The van der Waals surface area contributed by atoms with Crippen LogP contribution in [0, 0.1) is 0 Å². The highest BCUT2D eigenvalue weighted by molar-refractivity contribution is 5.71. The monoisotopic (exact) mass is 1090 g/mol. The molecular weight excluding hydrogens is 973 g/mol. The molecule has 6 heteroatoms. The molecule has 0 bridgehead atoms. The predicted octanol–water partition coefficient (Wildman–Crippen LogP) is 22.8. The smallest absolute Gasteiger partial charge is 0.306 e. The largest absolute Gasteiger partial charge is 0.462 e. The Morgan fingerprint density at radius 2 is 0.494 bits per heavy atom. The minimum Gasteiger partial charge on any atom is -0.462 e. The van der Waals surface area contributed by atoms with Gasteiger partial charge in [-0.3, -0.25) is 14.4 Å². The van der Waals surface area contributed by atoms with E-state index in [-0.39, 0.29) is 31.1 Å². The highest BCUT2D eigenvalue weighted by atomic mass is 16.6. The summed E-state index contributed by atoms with van der Waals surface area (Å²) in [5, 5.41) is 0. The van der Waals surface area contributed by atoms with Gasteiger partial charge in [0.2, 0.25) is 0 Å². The highest BCUT2D eigenvalue weighted by Gasteiger charge is 2.19. The Bertz CT molecular complexity index is 1640. The van der Waals surface area contributed by atoms with Crippen LogP contribution in [0.25, 0.3) is 0 Å². The first-order valence-electron chi connectivity index (χ1n) is 33.0. The highest BCUT2D eigenvalue weighted by Crippen LogP contribution is 2.16. The molecule has 6 nitrogen and oxygen atoms in total. The number of allylic oxidation sites excluding steroid dienone is 20. The lowest BCUT2D eigenvalue weighted by Gasteiger charge is -2.18. The maximum absolute atomic E-state index is 12.9. The quantitative estimate of drug-likeness (QED) is 0.0261. The number of hydrogen-bond donors (Lipinski definition) is 0. The van der Waals surface area contributed by atoms with Gasteiger partial charge in [0.25, 0.3) is 0 Å². The molecule has 79 heavy (non-hydrogen) atoms. The van der Waals surface area contributed by atoms with Gasteiger partial charge in [-0.05, 0) is 128 Å². The van der Waals surface area contributed by atoms with Gasteiger partial charge in [0.15, 0.2) is 6.10 Å². The molecule has 0 radical (unpaired) electrons. The van der Waals surface area contributed by atoms with E-state index in [0.717, 1.165) is 141 Å². The number of carbonyl (C=O) groups excluding carboxylic acids is 3. The van der Waals surface area contributed by atoms with Gasteiger partial charge in [0, 0.05) is 19.3 Å². The number of hydrogen-bond acceptors (Lipinski definition) is 6. The normalized spacial score (nSPS) is 12.9. The second-order valence-corrected chi connectivity index (χ2v) is 21.6. The zero-order chi connectivity index (χ0) is 57.1. The molecule has 0 saturated carbocycles. The Morgan fingerprint density at radius 1 is 0.266 bits per heavy atom. The SMILES string of the molecule is CC/C=C\C/C=C\C/C=C\C/C=C\CCCCCCC(=O)OCC(COC(=O)CCCCCCCCCCCCCCCCC/C=C\C/C=C\CCCCCCC)OC(=O)CCCCCC/C=C\C/C=C\C/C=C\C/C=C\CC. The standard InChI is InChI=1S/C73H122O6/c1-4-7-10-13-16-19-22-25-28-31-32-33-34-35-36-37-38-39-40-43-45-48-51-54-57-60-63-66-72(75)78-69-70(79-73(76)67-64-61-58-55-52-49-46-42-30-27-24-21-18-15-12-9-6-3)68-77-71(74)65-62-59-56-53-50-47-44-41-29-26-23-20-17-14-11-8-5-2/h8-9,11-12,17-18,20-22,25-27,29-32,44,46-47,49,70H,4-7,10,13-16,19,23-24,28,33-43,45,48,50-69H2,1-3H3/b11-8-,12-9-,20-17-,21-18-,25-22-,29-26-,30-27-,32-31-,47-44-,49-46-. The van der Waals surface area contributed by atoms with E-state index >= 15 is 0 Å². The van der Waals surface area contributed by atoms with Crippen LogP contribution in [0.4, 0.5) is 0 Å². The third kappa shape index (κ3) is 64.5. The van der Waals surface area contributed by atoms with E-state index in [9.17, 15) is 14.4 Å². The first-order chi connectivity index (χ1) is 39.0. The summed E-state index contributed by atoms with van der Waals surface area (Å²) in [5.74, 6) is -0.940. The summed E-state index contributed by atoms with van der Waals surface area (Å²) < 4.78 is 16.9. The maximum atomic E-state index is 12.9. The van der Waals surface area contributed by atoms with Gasteiger partial charge in [-0.1, -0.05) is 277 Å². The first-order valence-corrected chi connectivity index (χ1v) is 33.0. The van der Waals surface area contributed by atoms with E-state index in [2.05, 4.69) is 142 Å². The van der Waals surface area contributed by atoms with Crippen LogP contribution < -0.4 is 0 Å². The second-order valence-electron chi connectivity index (χ2n) is 21.6. The Hall–Kier alpha value is -4.19. The zero-order valence-corrected chi connectivity index (χ0v) is 51.6. The molecule has 0 saturated heterocycles. The fourth-order valence-corrected chi connectivity index (χ4v) is 9.04. The minimum absolute atomic E-state index is 0.0976. The molecule has 1 atom stereocenters. The van der Waals surface area contributed by atoms with E-state index in [0.29, 0.717) is 19.3 Å². The molecule has 0 N–H and O–H groups in total. The predicted molar refractivity (Wildman–Crippen MR) is 343 cm³/mol. The van der Waals surface area contributed by atoms with Crippen molar-refractivity contribution in [2.75, 3.05) is 13.2 Å². The molecule has 0 aromatic heterocycles. The van der Waals surface area contributed by atoms with Crippen LogP contribution in [0.5, 0.6) is 0 Å². The Kier molecular flexibility index (Phi) is 62.8. The summed E-state index contributed by atoms with van der Waals surface area (Å²) in [7, 11) is 0. The van der Waals surface area contributed by atoms with Crippen LogP contribution >= 0.6 is 0 Å². The average Bonchev–Trinajstić information content (AvgIpc) is 3.45. The summed E-state index contributed by atoms with van der Waals surface area (Å²) in [6.07, 6.45) is 92.1. The fraction of sp³-hybridized carbons (Fsp3) is 0.685. The molecule has 0 heterocycles. The molecule has 0 aromatic rings. The second kappa shape index (κ2) is 66.3. The van der Waals surface area contributed by atoms with Gasteiger partial charge in [-0.25, -0.2) is 0 Å². The van der Waals surface area contributed by atoms with Gasteiger partial charge < -0.3 is 14.2 Å². The topological polar surface area (TPSA) is 78.9 Å². The van der Waals surface area contributed by atoms with E-state index in [1.807, 2.05) is 0 Å².